The number of cyclic esters (lactones) is 1. The van der Waals surface area contributed by atoms with Crippen molar-refractivity contribution in [3.8, 4) is 0 Å². The number of ether oxygens (including phenoxy) is 3. The monoisotopic (exact) mass is 412 g/mol. The molecule has 6 heteroatoms. The normalized spacial score (nSPS) is 36.0. The van der Waals surface area contributed by atoms with Crippen molar-refractivity contribution >= 4 is 14.3 Å². The summed E-state index contributed by atoms with van der Waals surface area (Å²) in [7, 11) is -2.01. The molecular formula is C22H40O5Si. The van der Waals surface area contributed by atoms with Gasteiger partial charge in [-0.1, -0.05) is 39.8 Å². The van der Waals surface area contributed by atoms with E-state index in [-0.39, 0.29) is 35.6 Å². The van der Waals surface area contributed by atoms with Crippen molar-refractivity contribution in [1.29, 1.82) is 0 Å². The van der Waals surface area contributed by atoms with E-state index in [1.54, 1.807) is 0 Å². The molecule has 0 aromatic rings. The molecule has 5 nitrogen and oxygen atoms in total. The maximum Gasteiger partial charge on any atom is 0.308 e. The average Bonchev–Trinajstić information content (AvgIpc) is 2.75. The molecule has 0 radical (unpaired) electrons. The van der Waals surface area contributed by atoms with Gasteiger partial charge in [0.1, 0.15) is 6.10 Å². The summed E-state index contributed by atoms with van der Waals surface area (Å²) >= 11 is 0. The topological polar surface area (TPSA) is 54.0 Å². The van der Waals surface area contributed by atoms with Crippen molar-refractivity contribution in [3.63, 3.8) is 0 Å². The van der Waals surface area contributed by atoms with Crippen LogP contribution in [0.1, 0.15) is 67.7 Å². The minimum Gasteiger partial charge on any atom is -0.465 e. The Morgan fingerprint density at radius 3 is 2.43 bits per heavy atom. The predicted octanol–water partition coefficient (Wildman–Crippen LogP) is 5.21. The zero-order valence-electron chi connectivity index (χ0n) is 19.3. The third kappa shape index (κ3) is 5.91. The molecule has 28 heavy (non-hydrogen) atoms. The van der Waals surface area contributed by atoms with Gasteiger partial charge in [-0.3, -0.25) is 4.79 Å². The van der Waals surface area contributed by atoms with Crippen LogP contribution in [-0.4, -0.2) is 44.5 Å². The fourth-order valence-electron chi connectivity index (χ4n) is 3.57. The Labute approximate surface area is 172 Å². The predicted molar refractivity (Wildman–Crippen MR) is 114 cm³/mol. The molecule has 0 aromatic carbocycles. The molecule has 2 rings (SSSR count). The average molecular weight is 413 g/mol. The lowest BCUT2D eigenvalue weighted by atomic mass is 9.90. The Balaban J connectivity index is 2.26. The Kier molecular flexibility index (Phi) is 6.91. The van der Waals surface area contributed by atoms with Gasteiger partial charge in [0.2, 0.25) is 0 Å². The summed E-state index contributed by atoms with van der Waals surface area (Å²) in [6.45, 7) is 19.5. The van der Waals surface area contributed by atoms with Crippen LogP contribution in [0.4, 0.5) is 0 Å². The molecule has 4 atom stereocenters. The van der Waals surface area contributed by atoms with E-state index in [4.69, 9.17) is 18.6 Å². The summed E-state index contributed by atoms with van der Waals surface area (Å²) in [5.41, 5.74) is -0.447. The Bertz CT molecular complexity index is 592. The lowest BCUT2D eigenvalue weighted by Gasteiger charge is -2.40. The van der Waals surface area contributed by atoms with Gasteiger partial charge >= 0.3 is 5.97 Å². The molecule has 0 N–H and O–H groups in total. The van der Waals surface area contributed by atoms with E-state index in [9.17, 15) is 4.79 Å². The minimum atomic E-state index is -2.01. The lowest BCUT2D eigenvalue weighted by molar-refractivity contribution is -0.161. The van der Waals surface area contributed by atoms with Crippen LogP contribution in [0.2, 0.25) is 18.1 Å². The van der Waals surface area contributed by atoms with E-state index in [0.717, 1.165) is 12.8 Å². The SMILES string of the molecule is C[C@@H]1/C=C/[C@H]2OC(C)(C)O[C@@]2(C)CC[C@H](O[Si](C)(C)C(C)(C)C)CC(=O)OC1. The van der Waals surface area contributed by atoms with Crippen LogP contribution in [0.3, 0.4) is 0 Å². The highest BCUT2D eigenvalue weighted by Crippen LogP contribution is 2.42. The molecule has 0 saturated carbocycles. The molecule has 0 bridgehead atoms. The summed E-state index contributed by atoms with van der Waals surface area (Å²) in [5.74, 6) is -0.690. The molecule has 1 fully saturated rings. The summed E-state index contributed by atoms with van der Waals surface area (Å²) in [6.07, 6.45) is 5.60. The van der Waals surface area contributed by atoms with E-state index < -0.39 is 19.7 Å². The van der Waals surface area contributed by atoms with Crippen molar-refractivity contribution in [2.75, 3.05) is 6.61 Å². The number of fused-ring (bicyclic) bond motifs is 1. The second-order valence-electron chi connectivity index (χ2n) is 10.6. The van der Waals surface area contributed by atoms with Crippen molar-refractivity contribution < 1.29 is 23.4 Å². The quantitative estimate of drug-likeness (QED) is 0.354. The number of carbonyl (C=O) groups excluding carboxylic acids is 1. The van der Waals surface area contributed by atoms with Gasteiger partial charge in [0.25, 0.3) is 0 Å². The highest BCUT2D eigenvalue weighted by molar-refractivity contribution is 6.74. The zero-order valence-corrected chi connectivity index (χ0v) is 20.3. The van der Waals surface area contributed by atoms with Crippen LogP contribution in [0.15, 0.2) is 12.2 Å². The van der Waals surface area contributed by atoms with Crippen molar-refractivity contribution in [2.45, 2.75) is 109 Å². The second-order valence-corrected chi connectivity index (χ2v) is 15.4. The van der Waals surface area contributed by atoms with E-state index in [1.165, 1.54) is 0 Å². The molecule has 1 saturated heterocycles. The molecule has 0 unspecified atom stereocenters. The minimum absolute atomic E-state index is 0.0826. The van der Waals surface area contributed by atoms with Crippen molar-refractivity contribution in [3.05, 3.63) is 12.2 Å². The fourth-order valence-corrected chi connectivity index (χ4v) is 4.96. The highest BCUT2D eigenvalue weighted by atomic mass is 28.4. The standard InChI is InChI=1S/C22H40O5Si/c1-16-10-11-18-22(7,27-21(5,6)25-18)13-12-17(14-19(23)24-15-16)26-28(8,9)20(2,3)4/h10-11,16-18H,12-15H2,1-9H3/b11-10+/t16-,17+,18-,22+/m1/s1. The molecule has 0 spiro atoms. The molecule has 2 heterocycles. The van der Waals surface area contributed by atoms with Gasteiger partial charge in [-0.05, 0) is 51.7 Å². The van der Waals surface area contributed by atoms with Crippen LogP contribution >= 0.6 is 0 Å². The van der Waals surface area contributed by atoms with Gasteiger partial charge in [0.05, 0.1) is 24.7 Å². The van der Waals surface area contributed by atoms with E-state index in [0.29, 0.717) is 6.61 Å². The molecule has 0 aliphatic carbocycles. The maximum absolute atomic E-state index is 12.4. The number of hydrogen-bond acceptors (Lipinski definition) is 5. The first-order valence-electron chi connectivity index (χ1n) is 10.5. The number of carbonyl (C=O) groups is 1. The number of hydrogen-bond donors (Lipinski definition) is 0. The highest BCUT2D eigenvalue weighted by Gasteiger charge is 2.49. The molecule has 0 aromatic heterocycles. The largest absolute Gasteiger partial charge is 0.465 e. The maximum atomic E-state index is 12.4. The zero-order chi connectivity index (χ0) is 21.4. The van der Waals surface area contributed by atoms with Gasteiger partial charge in [-0.15, -0.1) is 0 Å². The number of rotatable bonds is 2. The number of esters is 1. The summed E-state index contributed by atoms with van der Waals surface area (Å²) < 4.78 is 24.6. The summed E-state index contributed by atoms with van der Waals surface area (Å²) in [5, 5.41) is 0.0826. The molecule has 2 aliphatic rings. The molecule has 162 valence electrons. The van der Waals surface area contributed by atoms with Gasteiger partial charge in [0.15, 0.2) is 14.1 Å². The second kappa shape index (κ2) is 8.21. The van der Waals surface area contributed by atoms with Gasteiger partial charge in [-0.25, -0.2) is 0 Å². The Hall–Kier alpha value is -0.693. The molecular weight excluding hydrogens is 372 g/mol. The van der Waals surface area contributed by atoms with Crippen LogP contribution < -0.4 is 0 Å². The van der Waals surface area contributed by atoms with Gasteiger partial charge in [-0.2, -0.15) is 0 Å². The fraction of sp³-hybridized carbons (Fsp3) is 0.864. The van der Waals surface area contributed by atoms with Crippen molar-refractivity contribution in [1.82, 2.24) is 0 Å². The van der Waals surface area contributed by atoms with E-state index in [1.807, 2.05) is 20.8 Å². The first-order chi connectivity index (χ1) is 12.6. The smallest absolute Gasteiger partial charge is 0.308 e. The lowest BCUT2D eigenvalue weighted by Crippen LogP contribution is -2.45. The third-order valence-electron chi connectivity index (χ3n) is 6.24. The molecule has 0 amide bonds. The Morgan fingerprint density at radius 1 is 1.18 bits per heavy atom. The summed E-state index contributed by atoms with van der Waals surface area (Å²) in [6, 6.07) is 0. The molecule has 2 aliphatic heterocycles. The van der Waals surface area contributed by atoms with E-state index >= 15 is 0 Å². The first kappa shape index (κ1) is 23.6. The van der Waals surface area contributed by atoms with Gasteiger partial charge in [0, 0.05) is 5.92 Å². The van der Waals surface area contributed by atoms with Crippen molar-refractivity contribution in [2.24, 2.45) is 5.92 Å². The van der Waals surface area contributed by atoms with Gasteiger partial charge < -0.3 is 18.6 Å². The summed E-state index contributed by atoms with van der Waals surface area (Å²) in [4.78, 5) is 12.4. The Morgan fingerprint density at radius 2 is 1.82 bits per heavy atom. The van der Waals surface area contributed by atoms with Crippen LogP contribution in [-0.2, 0) is 23.4 Å². The third-order valence-corrected chi connectivity index (χ3v) is 10.8. The van der Waals surface area contributed by atoms with Crippen LogP contribution in [0.5, 0.6) is 0 Å². The van der Waals surface area contributed by atoms with Crippen LogP contribution in [0, 0.1) is 5.92 Å². The van der Waals surface area contributed by atoms with Crippen LogP contribution in [0.25, 0.3) is 0 Å². The van der Waals surface area contributed by atoms with E-state index in [2.05, 4.69) is 52.9 Å². The first-order valence-corrected chi connectivity index (χ1v) is 13.4.